The summed E-state index contributed by atoms with van der Waals surface area (Å²) in [5.74, 6) is 0.931. The molecular formula is C19H19N3O4S2. The van der Waals surface area contributed by atoms with Crippen LogP contribution in [0.4, 0.5) is 5.69 Å². The lowest BCUT2D eigenvalue weighted by molar-refractivity contribution is 0.0955. The van der Waals surface area contributed by atoms with Crippen LogP contribution in [0.1, 0.15) is 34.4 Å². The van der Waals surface area contributed by atoms with Gasteiger partial charge in [0.1, 0.15) is 15.7 Å². The van der Waals surface area contributed by atoms with Crippen LogP contribution in [-0.4, -0.2) is 20.0 Å². The van der Waals surface area contributed by atoms with E-state index >= 15 is 0 Å². The molecule has 0 radical (unpaired) electrons. The zero-order chi connectivity index (χ0) is 20.3. The number of anilines is 1. The summed E-state index contributed by atoms with van der Waals surface area (Å²) in [7, 11) is -3.76. The number of carbonyl (C=O) groups excluding carboxylic acids is 1. The topological polar surface area (TPSA) is 101 Å². The molecule has 28 heavy (non-hydrogen) atoms. The Labute approximate surface area is 167 Å². The molecule has 0 aliphatic heterocycles. The molecule has 0 saturated heterocycles. The zero-order valence-electron chi connectivity index (χ0n) is 15.5. The number of hydrogen-bond acceptors (Lipinski definition) is 6. The van der Waals surface area contributed by atoms with Gasteiger partial charge in [0.05, 0.1) is 17.0 Å². The molecule has 0 bridgehead atoms. The van der Waals surface area contributed by atoms with Crippen molar-refractivity contribution in [1.82, 2.24) is 5.43 Å². The summed E-state index contributed by atoms with van der Waals surface area (Å²) in [6, 6.07) is 11.3. The smallest absolute Gasteiger partial charge is 0.273 e. The summed E-state index contributed by atoms with van der Waals surface area (Å²) in [6.07, 6.45) is 0. The summed E-state index contributed by atoms with van der Waals surface area (Å²) in [4.78, 5) is 12.6. The van der Waals surface area contributed by atoms with Crippen LogP contribution in [0.2, 0.25) is 0 Å². The van der Waals surface area contributed by atoms with E-state index in [9.17, 15) is 13.2 Å². The van der Waals surface area contributed by atoms with Crippen molar-refractivity contribution < 1.29 is 17.6 Å². The molecule has 7 nitrogen and oxygen atoms in total. The van der Waals surface area contributed by atoms with Crippen molar-refractivity contribution in [2.24, 2.45) is 5.10 Å². The highest BCUT2D eigenvalue weighted by Gasteiger charge is 2.19. The summed E-state index contributed by atoms with van der Waals surface area (Å²) >= 11 is 1.10. The van der Waals surface area contributed by atoms with E-state index in [1.54, 1.807) is 30.5 Å². The number of rotatable bonds is 6. The average molecular weight is 418 g/mol. The van der Waals surface area contributed by atoms with E-state index in [1.165, 1.54) is 18.2 Å². The van der Waals surface area contributed by atoms with Crippen molar-refractivity contribution in [1.29, 1.82) is 0 Å². The van der Waals surface area contributed by atoms with E-state index in [-0.39, 0.29) is 15.5 Å². The first-order chi connectivity index (χ1) is 13.3. The third kappa shape index (κ3) is 4.32. The molecule has 9 heteroatoms. The second kappa shape index (κ2) is 7.99. The monoisotopic (exact) mass is 417 g/mol. The minimum atomic E-state index is -3.76. The standard InChI is InChI=1S/C19H19N3O4S2/c1-12-11-16(14(3)26-12)13(2)20-21-19(23)15-7-4-5-8-17(15)22-28(24,25)18-9-6-10-27-18/h4-11,22H,1-3H3,(H,21,23)/b20-13-. The van der Waals surface area contributed by atoms with E-state index in [1.807, 2.05) is 19.9 Å². The molecule has 0 saturated carbocycles. The number of carbonyl (C=O) groups is 1. The number of benzene rings is 1. The van der Waals surface area contributed by atoms with Gasteiger partial charge in [0.25, 0.3) is 15.9 Å². The molecule has 3 aromatic rings. The quantitative estimate of drug-likeness (QED) is 0.469. The highest BCUT2D eigenvalue weighted by molar-refractivity contribution is 7.94. The first-order valence-electron chi connectivity index (χ1n) is 8.35. The molecule has 2 aromatic heterocycles. The Morgan fingerprint density at radius 3 is 2.50 bits per heavy atom. The van der Waals surface area contributed by atoms with E-state index in [2.05, 4.69) is 15.2 Å². The van der Waals surface area contributed by atoms with Gasteiger partial charge in [-0.3, -0.25) is 9.52 Å². The molecule has 0 aliphatic rings. The van der Waals surface area contributed by atoms with Crippen molar-refractivity contribution >= 4 is 38.7 Å². The average Bonchev–Trinajstić information content (AvgIpc) is 3.29. The van der Waals surface area contributed by atoms with E-state index in [0.29, 0.717) is 11.5 Å². The summed E-state index contributed by atoms with van der Waals surface area (Å²) in [5, 5.41) is 5.79. The van der Waals surface area contributed by atoms with Gasteiger partial charge in [0, 0.05) is 5.56 Å². The maximum Gasteiger partial charge on any atom is 0.273 e. The number of nitrogens with zero attached hydrogens (tertiary/aromatic N) is 1. The van der Waals surface area contributed by atoms with Gasteiger partial charge < -0.3 is 4.42 Å². The van der Waals surface area contributed by atoms with Crippen LogP contribution in [0, 0.1) is 13.8 Å². The zero-order valence-corrected chi connectivity index (χ0v) is 17.1. The van der Waals surface area contributed by atoms with Crippen molar-refractivity contribution in [2.75, 3.05) is 4.72 Å². The fourth-order valence-corrected chi connectivity index (χ4v) is 4.70. The number of sulfonamides is 1. The lowest BCUT2D eigenvalue weighted by atomic mass is 10.1. The van der Waals surface area contributed by atoms with Crippen molar-refractivity contribution in [3.63, 3.8) is 0 Å². The number of hydrazone groups is 1. The number of para-hydroxylation sites is 1. The van der Waals surface area contributed by atoms with Gasteiger partial charge in [-0.2, -0.15) is 5.10 Å². The second-order valence-corrected chi connectivity index (χ2v) is 8.91. The SMILES string of the molecule is C/C(=N/NC(=O)c1ccccc1NS(=O)(=O)c1cccs1)c1cc(C)oc1C. The number of aryl methyl sites for hydroxylation is 2. The third-order valence-corrected chi connectivity index (χ3v) is 6.69. The predicted molar refractivity (Wildman–Crippen MR) is 109 cm³/mol. The maximum absolute atomic E-state index is 12.6. The third-order valence-electron chi connectivity index (χ3n) is 3.93. The molecule has 1 aromatic carbocycles. The lowest BCUT2D eigenvalue weighted by Crippen LogP contribution is -2.22. The van der Waals surface area contributed by atoms with Crippen LogP contribution in [0.25, 0.3) is 0 Å². The summed E-state index contributed by atoms with van der Waals surface area (Å²) in [5.41, 5.74) is 4.19. The highest BCUT2D eigenvalue weighted by Crippen LogP contribution is 2.23. The molecular weight excluding hydrogens is 398 g/mol. The van der Waals surface area contributed by atoms with Crippen molar-refractivity contribution in [3.05, 3.63) is 70.5 Å². The molecule has 3 rings (SSSR count). The lowest BCUT2D eigenvalue weighted by Gasteiger charge is -2.11. The number of nitrogens with one attached hydrogen (secondary N) is 2. The molecule has 0 fully saturated rings. The first-order valence-corrected chi connectivity index (χ1v) is 10.7. The van der Waals surface area contributed by atoms with E-state index < -0.39 is 15.9 Å². The van der Waals surface area contributed by atoms with Crippen LogP contribution in [0.15, 0.2) is 61.6 Å². The van der Waals surface area contributed by atoms with Crippen LogP contribution in [-0.2, 0) is 10.0 Å². The largest absolute Gasteiger partial charge is 0.466 e. The summed E-state index contributed by atoms with van der Waals surface area (Å²) in [6.45, 7) is 5.40. The molecule has 0 unspecified atom stereocenters. The fraction of sp³-hybridized carbons (Fsp3) is 0.158. The van der Waals surface area contributed by atoms with E-state index in [4.69, 9.17) is 4.42 Å². The van der Waals surface area contributed by atoms with Gasteiger partial charge in [-0.15, -0.1) is 11.3 Å². The van der Waals surface area contributed by atoms with Gasteiger partial charge in [0.2, 0.25) is 0 Å². The first kappa shape index (κ1) is 19.8. The number of furan rings is 1. The molecule has 2 heterocycles. The molecule has 1 amide bonds. The molecule has 0 atom stereocenters. The normalized spacial score (nSPS) is 12.0. The Kier molecular flexibility index (Phi) is 5.66. The Morgan fingerprint density at radius 2 is 1.86 bits per heavy atom. The minimum Gasteiger partial charge on any atom is -0.466 e. The van der Waals surface area contributed by atoms with Gasteiger partial charge in [-0.05, 0) is 50.4 Å². The van der Waals surface area contributed by atoms with Gasteiger partial charge in [-0.1, -0.05) is 18.2 Å². The molecule has 0 spiro atoms. The summed E-state index contributed by atoms with van der Waals surface area (Å²) < 4.78 is 33.0. The minimum absolute atomic E-state index is 0.166. The number of amides is 1. The molecule has 0 aliphatic carbocycles. The molecule has 146 valence electrons. The van der Waals surface area contributed by atoms with Gasteiger partial charge >= 0.3 is 0 Å². The van der Waals surface area contributed by atoms with Crippen LogP contribution >= 0.6 is 11.3 Å². The van der Waals surface area contributed by atoms with Crippen LogP contribution < -0.4 is 10.1 Å². The molecule has 2 N–H and O–H groups in total. The highest BCUT2D eigenvalue weighted by atomic mass is 32.2. The Hall–Kier alpha value is -2.91. The Balaban J connectivity index is 1.81. The van der Waals surface area contributed by atoms with Gasteiger partial charge in [0.15, 0.2) is 0 Å². The predicted octanol–water partition coefficient (Wildman–Crippen LogP) is 3.91. The number of thiophene rings is 1. The Bertz CT molecular complexity index is 1130. The van der Waals surface area contributed by atoms with E-state index in [0.717, 1.165) is 22.7 Å². The Morgan fingerprint density at radius 1 is 1.11 bits per heavy atom. The number of hydrogen-bond donors (Lipinski definition) is 2. The van der Waals surface area contributed by atoms with Crippen LogP contribution in [0.3, 0.4) is 0 Å². The van der Waals surface area contributed by atoms with Crippen molar-refractivity contribution in [3.8, 4) is 0 Å². The van der Waals surface area contributed by atoms with Gasteiger partial charge in [-0.25, -0.2) is 13.8 Å². The van der Waals surface area contributed by atoms with Crippen molar-refractivity contribution in [2.45, 2.75) is 25.0 Å². The maximum atomic E-state index is 12.6. The second-order valence-electron chi connectivity index (χ2n) is 6.05. The fourth-order valence-electron chi connectivity index (χ4n) is 2.63. The van der Waals surface area contributed by atoms with Crippen LogP contribution in [0.5, 0.6) is 0 Å².